The minimum atomic E-state index is -0.756. The smallest absolute Gasteiger partial charge is 0.255 e. The molecule has 8 heteroatoms. The predicted molar refractivity (Wildman–Crippen MR) is 145 cm³/mol. The number of hydrogen-bond acceptors (Lipinski definition) is 5. The number of ether oxygens (including phenoxy) is 3. The molecule has 2 fully saturated rings. The number of benzene rings is 2. The molecule has 1 spiro atoms. The molecule has 0 aromatic heterocycles. The second kappa shape index (κ2) is 12.5. The molecular weight excluding hydrogens is 499 g/mol. The van der Waals surface area contributed by atoms with Gasteiger partial charge in [-0.15, -0.1) is 0 Å². The van der Waals surface area contributed by atoms with Crippen LogP contribution in [-0.4, -0.2) is 69.4 Å². The first-order chi connectivity index (χ1) is 19.0. The standard InChI is InChI=1S/C31H39FN2O5/c32-25-7-5-6-24(22-25)31(13-19-38-20-14-31)29(36)34-16-11-30(12-17-34)10-3-4-18-37-21-15-33-28(35)26-8-1-2-9-27(26)39-23-30/h1-2,5-9,22H,3-4,10-21,23H2,(H,33,35). The van der Waals surface area contributed by atoms with E-state index < -0.39 is 5.41 Å². The van der Waals surface area contributed by atoms with Gasteiger partial charge in [-0.1, -0.05) is 30.7 Å². The number of piperidine rings is 1. The first-order valence-electron chi connectivity index (χ1n) is 14.2. The van der Waals surface area contributed by atoms with Crippen LogP contribution in [0.3, 0.4) is 0 Å². The van der Waals surface area contributed by atoms with Gasteiger partial charge in [0.2, 0.25) is 5.91 Å². The Morgan fingerprint density at radius 3 is 2.44 bits per heavy atom. The average molecular weight is 539 g/mol. The van der Waals surface area contributed by atoms with Gasteiger partial charge in [-0.3, -0.25) is 9.59 Å². The van der Waals surface area contributed by atoms with Gasteiger partial charge < -0.3 is 24.4 Å². The maximum Gasteiger partial charge on any atom is 0.255 e. The maximum absolute atomic E-state index is 14.2. The number of hydrogen-bond donors (Lipinski definition) is 1. The summed E-state index contributed by atoms with van der Waals surface area (Å²) in [5.74, 6) is 0.167. The van der Waals surface area contributed by atoms with Crippen LogP contribution in [0.25, 0.3) is 0 Å². The van der Waals surface area contributed by atoms with E-state index in [0.717, 1.165) is 37.7 Å². The van der Waals surface area contributed by atoms with Crippen molar-refractivity contribution in [2.75, 3.05) is 52.7 Å². The molecule has 210 valence electrons. The van der Waals surface area contributed by atoms with E-state index in [4.69, 9.17) is 14.2 Å². The Morgan fingerprint density at radius 2 is 1.64 bits per heavy atom. The molecule has 5 rings (SSSR count). The fraction of sp³-hybridized carbons (Fsp3) is 0.548. The van der Waals surface area contributed by atoms with Crippen molar-refractivity contribution in [1.29, 1.82) is 0 Å². The number of nitrogens with one attached hydrogen (secondary N) is 1. The molecule has 2 aromatic carbocycles. The highest BCUT2D eigenvalue weighted by Crippen LogP contribution is 2.42. The Hall–Kier alpha value is -2.97. The van der Waals surface area contributed by atoms with Crippen molar-refractivity contribution in [2.24, 2.45) is 5.41 Å². The number of likely N-dealkylation sites (tertiary alicyclic amines) is 1. The Bertz CT molecular complexity index is 1140. The molecule has 0 saturated carbocycles. The molecule has 3 heterocycles. The van der Waals surface area contributed by atoms with E-state index >= 15 is 0 Å². The summed E-state index contributed by atoms with van der Waals surface area (Å²) in [5.41, 5.74) is 0.404. The molecule has 3 aliphatic rings. The van der Waals surface area contributed by atoms with E-state index in [0.29, 0.717) is 76.8 Å². The average Bonchev–Trinajstić information content (AvgIpc) is 2.97. The lowest BCUT2D eigenvalue weighted by Crippen LogP contribution is -2.54. The van der Waals surface area contributed by atoms with Crippen LogP contribution in [0, 0.1) is 11.2 Å². The lowest BCUT2D eigenvalue weighted by atomic mass is 9.71. The van der Waals surface area contributed by atoms with Gasteiger partial charge in [0, 0.05) is 44.9 Å². The van der Waals surface area contributed by atoms with Crippen molar-refractivity contribution in [3.05, 3.63) is 65.5 Å². The number of carbonyl (C=O) groups is 2. The summed E-state index contributed by atoms with van der Waals surface area (Å²) in [7, 11) is 0. The van der Waals surface area contributed by atoms with Crippen LogP contribution < -0.4 is 10.1 Å². The lowest BCUT2D eigenvalue weighted by molar-refractivity contribution is -0.144. The van der Waals surface area contributed by atoms with E-state index in [-0.39, 0.29) is 23.0 Å². The highest BCUT2D eigenvalue weighted by Gasteiger charge is 2.46. The molecule has 0 bridgehead atoms. The number of carbonyl (C=O) groups excluding carboxylic acids is 2. The van der Waals surface area contributed by atoms with Crippen LogP contribution in [0.4, 0.5) is 4.39 Å². The summed E-state index contributed by atoms with van der Waals surface area (Å²) >= 11 is 0. The molecular formula is C31H39FN2O5. The summed E-state index contributed by atoms with van der Waals surface area (Å²) in [5, 5.41) is 2.91. The van der Waals surface area contributed by atoms with Gasteiger partial charge in [0.15, 0.2) is 0 Å². The van der Waals surface area contributed by atoms with Crippen molar-refractivity contribution in [3.63, 3.8) is 0 Å². The zero-order chi connectivity index (χ0) is 27.1. The molecule has 1 N–H and O–H groups in total. The van der Waals surface area contributed by atoms with Crippen LogP contribution in [-0.2, 0) is 19.7 Å². The summed E-state index contributed by atoms with van der Waals surface area (Å²) in [4.78, 5) is 28.8. The third-order valence-electron chi connectivity index (χ3n) is 8.69. The molecule has 2 aromatic rings. The number of nitrogens with zero attached hydrogens (tertiary/aromatic N) is 1. The number of amides is 2. The monoisotopic (exact) mass is 538 g/mol. The highest BCUT2D eigenvalue weighted by molar-refractivity contribution is 5.96. The molecule has 2 amide bonds. The molecule has 0 unspecified atom stereocenters. The zero-order valence-corrected chi connectivity index (χ0v) is 22.6. The normalized spacial score (nSPS) is 22.2. The topological polar surface area (TPSA) is 77.1 Å². The maximum atomic E-state index is 14.2. The van der Waals surface area contributed by atoms with E-state index in [9.17, 15) is 14.0 Å². The molecule has 0 radical (unpaired) electrons. The van der Waals surface area contributed by atoms with E-state index in [1.807, 2.05) is 29.2 Å². The third-order valence-corrected chi connectivity index (χ3v) is 8.69. The van der Waals surface area contributed by atoms with Crippen molar-refractivity contribution < 1.29 is 28.2 Å². The Labute approximate surface area is 230 Å². The minimum Gasteiger partial charge on any atom is -0.492 e. The molecule has 7 nitrogen and oxygen atoms in total. The first kappa shape index (κ1) is 27.6. The summed E-state index contributed by atoms with van der Waals surface area (Å²) in [6.45, 7) is 4.32. The van der Waals surface area contributed by atoms with Crippen LogP contribution in [0.2, 0.25) is 0 Å². The summed E-state index contributed by atoms with van der Waals surface area (Å²) < 4.78 is 31.9. The van der Waals surface area contributed by atoms with Crippen molar-refractivity contribution >= 4 is 11.8 Å². The van der Waals surface area contributed by atoms with Gasteiger partial charge in [-0.25, -0.2) is 4.39 Å². The molecule has 39 heavy (non-hydrogen) atoms. The van der Waals surface area contributed by atoms with E-state index in [1.165, 1.54) is 12.1 Å². The van der Waals surface area contributed by atoms with Crippen LogP contribution in [0.15, 0.2) is 48.5 Å². The largest absolute Gasteiger partial charge is 0.492 e. The Balaban J connectivity index is 1.33. The Morgan fingerprint density at radius 1 is 0.872 bits per heavy atom. The van der Waals surface area contributed by atoms with Gasteiger partial charge in [0.1, 0.15) is 11.6 Å². The molecule has 0 aliphatic carbocycles. The fourth-order valence-corrected chi connectivity index (χ4v) is 6.23. The number of para-hydroxylation sites is 1. The number of fused-ring (bicyclic) bond motifs is 1. The van der Waals surface area contributed by atoms with Gasteiger partial charge in [-0.05, 0) is 68.4 Å². The number of rotatable bonds is 2. The molecule has 2 saturated heterocycles. The Kier molecular flexibility index (Phi) is 8.82. The lowest BCUT2D eigenvalue weighted by Gasteiger charge is -2.46. The molecule has 0 atom stereocenters. The minimum absolute atomic E-state index is 0.0727. The second-order valence-corrected chi connectivity index (χ2v) is 11.1. The second-order valence-electron chi connectivity index (χ2n) is 11.1. The zero-order valence-electron chi connectivity index (χ0n) is 22.6. The van der Waals surface area contributed by atoms with E-state index in [1.54, 1.807) is 12.1 Å². The quantitative estimate of drug-likeness (QED) is 0.610. The SMILES string of the molecule is O=C1NCCOCCCCC2(CCN(C(=O)C3(c4cccc(F)c4)CCOCC3)CC2)COc2ccccc21. The van der Waals surface area contributed by atoms with Gasteiger partial charge >= 0.3 is 0 Å². The summed E-state index contributed by atoms with van der Waals surface area (Å²) in [6, 6.07) is 13.8. The van der Waals surface area contributed by atoms with Crippen molar-refractivity contribution in [2.45, 2.75) is 50.4 Å². The fourth-order valence-electron chi connectivity index (χ4n) is 6.23. The van der Waals surface area contributed by atoms with Crippen LogP contribution >= 0.6 is 0 Å². The summed E-state index contributed by atoms with van der Waals surface area (Å²) in [6.07, 6.45) is 5.65. The van der Waals surface area contributed by atoms with Crippen LogP contribution in [0.1, 0.15) is 60.9 Å². The number of halogens is 1. The van der Waals surface area contributed by atoms with Crippen molar-refractivity contribution in [3.8, 4) is 5.75 Å². The molecule has 3 aliphatic heterocycles. The van der Waals surface area contributed by atoms with Crippen molar-refractivity contribution in [1.82, 2.24) is 10.2 Å². The highest BCUT2D eigenvalue weighted by atomic mass is 19.1. The van der Waals surface area contributed by atoms with Gasteiger partial charge in [0.25, 0.3) is 5.91 Å². The third kappa shape index (κ3) is 6.28. The predicted octanol–water partition coefficient (Wildman–Crippen LogP) is 4.49. The van der Waals surface area contributed by atoms with E-state index in [2.05, 4.69) is 5.32 Å². The van der Waals surface area contributed by atoms with Gasteiger partial charge in [-0.2, -0.15) is 0 Å². The van der Waals surface area contributed by atoms with Crippen LogP contribution in [0.5, 0.6) is 5.75 Å². The van der Waals surface area contributed by atoms with Gasteiger partial charge in [0.05, 0.1) is 24.2 Å². The first-order valence-corrected chi connectivity index (χ1v) is 14.2.